The second-order valence-electron chi connectivity index (χ2n) is 3.88. The molecule has 0 saturated heterocycles. The first kappa shape index (κ1) is 14.3. The first-order chi connectivity index (χ1) is 7.71. The molecule has 0 aliphatic rings. The van der Waals surface area contributed by atoms with E-state index in [4.69, 9.17) is 0 Å². The Morgan fingerprint density at radius 1 is 1.35 bits per heavy atom. The summed E-state index contributed by atoms with van der Waals surface area (Å²) in [5, 5.41) is 2.58. The summed E-state index contributed by atoms with van der Waals surface area (Å²) in [4.78, 5) is 0. The van der Waals surface area contributed by atoms with Gasteiger partial charge in [-0.25, -0.2) is 0 Å². The molecule has 0 aliphatic carbocycles. The number of thiocarbonyl (C=S) groups is 1. The number of thiol groups is 1. The van der Waals surface area contributed by atoms with E-state index in [-0.39, 0.29) is 15.8 Å². The highest BCUT2D eigenvalue weighted by Gasteiger charge is 2.34. The molecule has 1 rings (SSSR count). The number of benzene rings is 1. The van der Waals surface area contributed by atoms with Crippen molar-refractivity contribution >= 4 is 34.9 Å². The lowest BCUT2D eigenvalue weighted by Gasteiger charge is -2.17. The van der Waals surface area contributed by atoms with Gasteiger partial charge in [-0.1, -0.05) is 32.1 Å². The van der Waals surface area contributed by atoms with Crippen molar-refractivity contribution in [3.8, 4) is 0 Å². The van der Waals surface area contributed by atoms with Crippen LogP contribution in [0, 0.1) is 0 Å². The van der Waals surface area contributed by atoms with Crippen molar-refractivity contribution < 1.29 is 13.2 Å². The van der Waals surface area contributed by atoms with Gasteiger partial charge in [-0.3, -0.25) is 0 Å². The van der Waals surface area contributed by atoms with Crippen LogP contribution in [0.5, 0.6) is 0 Å². The quantitative estimate of drug-likeness (QED) is 0.612. The summed E-state index contributed by atoms with van der Waals surface area (Å²) in [5.74, 6) is -0.191. The third kappa shape index (κ3) is 3.89. The van der Waals surface area contributed by atoms with Crippen molar-refractivity contribution in [1.29, 1.82) is 0 Å². The third-order valence-corrected chi connectivity index (χ3v) is 2.45. The molecule has 1 nitrogen and oxygen atoms in total. The van der Waals surface area contributed by atoms with Crippen molar-refractivity contribution in [3.63, 3.8) is 0 Å². The molecule has 1 aromatic carbocycles. The van der Waals surface area contributed by atoms with Crippen molar-refractivity contribution in [3.05, 3.63) is 29.3 Å². The summed E-state index contributed by atoms with van der Waals surface area (Å²) in [7, 11) is 0. The van der Waals surface area contributed by atoms with E-state index in [1.165, 1.54) is 6.07 Å². The van der Waals surface area contributed by atoms with Crippen molar-refractivity contribution in [2.24, 2.45) is 0 Å². The molecule has 0 unspecified atom stereocenters. The van der Waals surface area contributed by atoms with E-state index in [1.807, 2.05) is 0 Å². The van der Waals surface area contributed by atoms with Crippen LogP contribution in [0.15, 0.2) is 18.2 Å². The Balaban J connectivity index is 3.24. The maximum Gasteiger partial charge on any atom is 0.416 e. The predicted molar refractivity (Wildman–Crippen MR) is 70.7 cm³/mol. The van der Waals surface area contributed by atoms with Crippen LogP contribution in [-0.4, -0.2) is 4.32 Å². The van der Waals surface area contributed by atoms with Gasteiger partial charge in [-0.2, -0.15) is 13.2 Å². The highest BCUT2D eigenvalue weighted by atomic mass is 32.1. The van der Waals surface area contributed by atoms with Crippen LogP contribution in [0.4, 0.5) is 18.9 Å². The molecule has 0 bridgehead atoms. The Morgan fingerprint density at radius 3 is 2.35 bits per heavy atom. The number of nitrogens with one attached hydrogen (secondary N) is 1. The topological polar surface area (TPSA) is 12.0 Å². The first-order valence-corrected chi connectivity index (χ1v) is 5.78. The monoisotopic (exact) mass is 279 g/mol. The fourth-order valence-corrected chi connectivity index (χ4v) is 1.75. The summed E-state index contributed by atoms with van der Waals surface area (Å²) in [5.41, 5.74) is -0.0723. The molecule has 0 spiro atoms. The van der Waals surface area contributed by atoms with Gasteiger partial charge in [0, 0.05) is 5.69 Å². The lowest BCUT2D eigenvalue weighted by atomic mass is 9.96. The molecule has 0 aromatic heterocycles. The highest BCUT2D eigenvalue weighted by Crippen LogP contribution is 2.36. The van der Waals surface area contributed by atoms with Gasteiger partial charge >= 0.3 is 6.18 Å². The summed E-state index contributed by atoms with van der Waals surface area (Å²) < 4.78 is 38.7. The molecule has 6 heteroatoms. The van der Waals surface area contributed by atoms with E-state index in [9.17, 15) is 13.2 Å². The molecule has 0 saturated carbocycles. The number of hydrogen-bond donors (Lipinski definition) is 2. The summed E-state index contributed by atoms with van der Waals surface area (Å²) >= 11 is 8.49. The van der Waals surface area contributed by atoms with Gasteiger partial charge in [-0.05, 0) is 23.6 Å². The average Bonchev–Trinajstić information content (AvgIpc) is 2.14. The number of halogens is 3. The lowest BCUT2D eigenvalue weighted by Crippen LogP contribution is -2.11. The second kappa shape index (κ2) is 5.27. The van der Waals surface area contributed by atoms with Crippen LogP contribution in [-0.2, 0) is 6.18 Å². The molecule has 1 aromatic rings. The first-order valence-electron chi connectivity index (χ1n) is 4.93. The number of rotatable bonds is 2. The van der Waals surface area contributed by atoms with Gasteiger partial charge in [0.25, 0.3) is 0 Å². The number of anilines is 1. The van der Waals surface area contributed by atoms with Gasteiger partial charge in [0.2, 0.25) is 0 Å². The third-order valence-electron chi connectivity index (χ3n) is 2.23. The van der Waals surface area contributed by atoms with Crippen molar-refractivity contribution in [1.82, 2.24) is 0 Å². The zero-order chi connectivity index (χ0) is 13.2. The fourth-order valence-electron chi connectivity index (χ4n) is 1.51. The highest BCUT2D eigenvalue weighted by molar-refractivity contribution is 8.11. The van der Waals surface area contributed by atoms with Crippen LogP contribution in [0.1, 0.15) is 30.9 Å². The van der Waals surface area contributed by atoms with Gasteiger partial charge in [0.05, 0.1) is 5.56 Å². The molecule has 0 aliphatic heterocycles. The van der Waals surface area contributed by atoms with Gasteiger partial charge in [0.1, 0.15) is 4.32 Å². The van der Waals surface area contributed by atoms with E-state index in [2.05, 4.69) is 30.2 Å². The second-order valence-corrected chi connectivity index (χ2v) is 5.04. The molecule has 17 heavy (non-hydrogen) atoms. The van der Waals surface area contributed by atoms with Crippen molar-refractivity contribution in [2.75, 3.05) is 5.32 Å². The molecule has 0 amide bonds. The number of hydrogen-bond acceptors (Lipinski definition) is 1. The van der Waals surface area contributed by atoms with Crippen LogP contribution in [0.25, 0.3) is 0 Å². The minimum absolute atomic E-state index is 0.135. The molecule has 1 N–H and O–H groups in total. The van der Waals surface area contributed by atoms with E-state index < -0.39 is 11.7 Å². The zero-order valence-corrected chi connectivity index (χ0v) is 11.0. The van der Waals surface area contributed by atoms with Crippen molar-refractivity contribution in [2.45, 2.75) is 25.9 Å². The Kier molecular flexibility index (Phi) is 4.43. The van der Waals surface area contributed by atoms with Gasteiger partial charge in [0.15, 0.2) is 0 Å². The van der Waals surface area contributed by atoms with Gasteiger partial charge in [-0.15, -0.1) is 12.6 Å². The minimum atomic E-state index is -4.37. The zero-order valence-electron chi connectivity index (χ0n) is 9.30. The Bertz CT molecular complexity index is 427. The van der Waals surface area contributed by atoms with Crippen LogP contribution in [0.2, 0.25) is 0 Å². The average molecular weight is 279 g/mol. The van der Waals surface area contributed by atoms with Crippen LogP contribution < -0.4 is 5.32 Å². The molecule has 94 valence electrons. The molecular formula is C11H12F3NS2. The standard InChI is InChI=1S/C11H12F3NS2/c1-6(2)8-4-3-7(15-10(16)17)5-9(8)11(12,13)14/h3-6H,1-2H3,(H2,15,16,17). The smallest absolute Gasteiger partial charge is 0.341 e. The molecule has 0 heterocycles. The fraction of sp³-hybridized carbons (Fsp3) is 0.364. The number of alkyl halides is 3. The Morgan fingerprint density at radius 2 is 1.94 bits per heavy atom. The predicted octanol–water partition coefficient (Wildman–Crippen LogP) is 4.46. The van der Waals surface area contributed by atoms with E-state index >= 15 is 0 Å². The largest absolute Gasteiger partial charge is 0.416 e. The van der Waals surface area contributed by atoms with E-state index in [0.29, 0.717) is 5.69 Å². The lowest BCUT2D eigenvalue weighted by molar-refractivity contribution is -0.138. The minimum Gasteiger partial charge on any atom is -0.341 e. The summed E-state index contributed by atoms with van der Waals surface area (Å²) in [6.45, 7) is 3.45. The summed E-state index contributed by atoms with van der Waals surface area (Å²) in [6, 6.07) is 4.08. The summed E-state index contributed by atoms with van der Waals surface area (Å²) in [6.07, 6.45) is -4.37. The van der Waals surface area contributed by atoms with E-state index in [1.54, 1.807) is 19.9 Å². The maximum atomic E-state index is 12.8. The Hall–Kier alpha value is -0.750. The molecular weight excluding hydrogens is 267 g/mol. The van der Waals surface area contributed by atoms with Crippen LogP contribution >= 0.6 is 24.8 Å². The van der Waals surface area contributed by atoms with Gasteiger partial charge < -0.3 is 5.32 Å². The van der Waals surface area contributed by atoms with Crippen LogP contribution in [0.3, 0.4) is 0 Å². The molecule has 0 fully saturated rings. The Labute approximate surface area is 109 Å². The van der Waals surface area contributed by atoms with E-state index in [0.717, 1.165) is 6.07 Å². The molecule has 0 radical (unpaired) electrons. The normalized spacial score (nSPS) is 11.7. The maximum absolute atomic E-state index is 12.8. The SMILES string of the molecule is CC(C)c1ccc(NC(=S)S)cc1C(F)(F)F. The molecule has 0 atom stereocenters.